The number of thiocarbonyl (C=S) groups is 1. The molecule has 1 atom stereocenters. The summed E-state index contributed by atoms with van der Waals surface area (Å²) < 4.78 is 5.79. The SMILES string of the molecule is CCOC(=O)c1c(NC(=O)CCCN2C(=O)C(C)SC2=S)sc2c1CCCC2. The van der Waals surface area contributed by atoms with Gasteiger partial charge in [-0.05, 0) is 51.5 Å². The van der Waals surface area contributed by atoms with Gasteiger partial charge in [-0.2, -0.15) is 0 Å². The molecule has 1 unspecified atom stereocenters. The van der Waals surface area contributed by atoms with Crippen LogP contribution in [0.4, 0.5) is 5.00 Å². The van der Waals surface area contributed by atoms with Gasteiger partial charge in [0.2, 0.25) is 11.8 Å². The first-order valence-electron chi connectivity index (χ1n) is 9.55. The molecule has 9 heteroatoms. The molecule has 0 spiro atoms. The molecule has 0 saturated carbocycles. The van der Waals surface area contributed by atoms with Gasteiger partial charge in [0.25, 0.3) is 0 Å². The fourth-order valence-electron chi connectivity index (χ4n) is 3.44. The summed E-state index contributed by atoms with van der Waals surface area (Å²) in [5.41, 5.74) is 1.56. The highest BCUT2D eigenvalue weighted by Gasteiger charge is 2.33. The van der Waals surface area contributed by atoms with Crippen LogP contribution in [-0.2, 0) is 27.2 Å². The van der Waals surface area contributed by atoms with Gasteiger partial charge in [-0.25, -0.2) is 4.79 Å². The molecule has 1 fully saturated rings. The maximum Gasteiger partial charge on any atom is 0.341 e. The fraction of sp³-hybridized carbons (Fsp3) is 0.579. The van der Waals surface area contributed by atoms with Gasteiger partial charge in [-0.1, -0.05) is 24.0 Å². The third-order valence-electron chi connectivity index (χ3n) is 4.80. The molecule has 1 aliphatic heterocycles. The van der Waals surface area contributed by atoms with Crippen LogP contribution in [0.5, 0.6) is 0 Å². The first-order chi connectivity index (χ1) is 13.4. The maximum atomic E-state index is 12.5. The van der Waals surface area contributed by atoms with E-state index in [0.717, 1.165) is 31.2 Å². The quantitative estimate of drug-likeness (QED) is 0.514. The lowest BCUT2D eigenvalue weighted by Crippen LogP contribution is -2.32. The Kier molecular flexibility index (Phi) is 7.11. The van der Waals surface area contributed by atoms with E-state index < -0.39 is 0 Å². The number of hydrogen-bond donors (Lipinski definition) is 1. The third-order valence-corrected chi connectivity index (χ3v) is 7.49. The monoisotopic (exact) mass is 440 g/mol. The Morgan fingerprint density at radius 3 is 2.75 bits per heavy atom. The molecule has 2 amide bonds. The van der Waals surface area contributed by atoms with Crippen LogP contribution in [0.3, 0.4) is 0 Å². The summed E-state index contributed by atoms with van der Waals surface area (Å²) in [5, 5.41) is 3.34. The average molecular weight is 441 g/mol. The second kappa shape index (κ2) is 9.37. The van der Waals surface area contributed by atoms with Gasteiger partial charge in [0.15, 0.2) is 0 Å². The van der Waals surface area contributed by atoms with Gasteiger partial charge < -0.3 is 10.1 Å². The van der Waals surface area contributed by atoms with Gasteiger partial charge in [0, 0.05) is 17.8 Å². The number of amides is 2. The number of carbonyl (C=O) groups excluding carboxylic acids is 3. The van der Waals surface area contributed by atoms with Crippen molar-refractivity contribution in [2.75, 3.05) is 18.5 Å². The Morgan fingerprint density at radius 2 is 2.07 bits per heavy atom. The molecule has 2 aliphatic rings. The molecule has 1 saturated heterocycles. The first-order valence-corrected chi connectivity index (χ1v) is 11.7. The number of nitrogens with one attached hydrogen (secondary N) is 1. The van der Waals surface area contributed by atoms with E-state index in [9.17, 15) is 14.4 Å². The molecule has 6 nitrogen and oxygen atoms in total. The van der Waals surface area contributed by atoms with Gasteiger partial charge in [-0.3, -0.25) is 14.5 Å². The largest absolute Gasteiger partial charge is 0.462 e. The Morgan fingerprint density at radius 1 is 1.32 bits per heavy atom. The number of carbonyl (C=O) groups is 3. The number of nitrogens with zero attached hydrogens (tertiary/aromatic N) is 1. The summed E-state index contributed by atoms with van der Waals surface area (Å²) >= 11 is 8.08. The van der Waals surface area contributed by atoms with Crippen molar-refractivity contribution in [3.05, 3.63) is 16.0 Å². The summed E-state index contributed by atoms with van der Waals surface area (Å²) in [7, 11) is 0. The van der Waals surface area contributed by atoms with E-state index in [1.807, 2.05) is 6.92 Å². The van der Waals surface area contributed by atoms with Crippen LogP contribution in [0, 0.1) is 0 Å². The lowest BCUT2D eigenvalue weighted by Gasteiger charge is -2.15. The molecule has 3 rings (SSSR count). The van der Waals surface area contributed by atoms with Crippen molar-refractivity contribution in [3.63, 3.8) is 0 Å². The second-order valence-corrected chi connectivity index (χ2v) is 9.88. The summed E-state index contributed by atoms with van der Waals surface area (Å²) in [6.45, 7) is 4.35. The van der Waals surface area contributed by atoms with Crippen LogP contribution in [0.15, 0.2) is 0 Å². The predicted molar refractivity (Wildman–Crippen MR) is 116 cm³/mol. The van der Waals surface area contributed by atoms with Gasteiger partial charge in [-0.15, -0.1) is 11.3 Å². The molecule has 1 aromatic heterocycles. The number of ether oxygens (including phenoxy) is 1. The van der Waals surface area contributed by atoms with Crippen molar-refractivity contribution in [1.29, 1.82) is 0 Å². The Balaban J connectivity index is 1.62. The van der Waals surface area contributed by atoms with Gasteiger partial charge in [0.1, 0.15) is 9.32 Å². The summed E-state index contributed by atoms with van der Waals surface area (Å²) in [5.74, 6) is -0.524. The molecular weight excluding hydrogens is 416 g/mol. The number of anilines is 1. The topological polar surface area (TPSA) is 75.7 Å². The first kappa shape index (κ1) is 21.3. The summed E-state index contributed by atoms with van der Waals surface area (Å²) in [6.07, 6.45) is 4.71. The highest BCUT2D eigenvalue weighted by atomic mass is 32.2. The normalized spacial score (nSPS) is 18.9. The predicted octanol–water partition coefficient (Wildman–Crippen LogP) is 3.77. The van der Waals surface area contributed by atoms with E-state index in [1.165, 1.54) is 28.0 Å². The van der Waals surface area contributed by atoms with Gasteiger partial charge in [0.05, 0.1) is 17.4 Å². The lowest BCUT2D eigenvalue weighted by atomic mass is 9.95. The van der Waals surface area contributed by atoms with Gasteiger partial charge >= 0.3 is 5.97 Å². The minimum Gasteiger partial charge on any atom is -0.462 e. The highest BCUT2D eigenvalue weighted by molar-refractivity contribution is 8.24. The molecule has 0 aromatic carbocycles. The van der Waals surface area contributed by atoms with Crippen molar-refractivity contribution < 1.29 is 19.1 Å². The van der Waals surface area contributed by atoms with Crippen LogP contribution >= 0.6 is 35.3 Å². The average Bonchev–Trinajstić information content (AvgIpc) is 3.13. The van der Waals surface area contributed by atoms with Crippen molar-refractivity contribution >= 4 is 62.4 Å². The van der Waals surface area contributed by atoms with E-state index in [1.54, 1.807) is 11.8 Å². The van der Waals surface area contributed by atoms with Crippen molar-refractivity contribution in [2.45, 2.75) is 57.6 Å². The summed E-state index contributed by atoms with van der Waals surface area (Å²) in [6, 6.07) is 0. The van der Waals surface area contributed by atoms with E-state index in [0.29, 0.717) is 34.5 Å². The minimum atomic E-state index is -0.365. The molecule has 0 bridgehead atoms. The molecule has 28 heavy (non-hydrogen) atoms. The Bertz CT molecular complexity index is 805. The maximum absolute atomic E-state index is 12.5. The van der Waals surface area contributed by atoms with Crippen LogP contribution in [0.25, 0.3) is 0 Å². The Labute approximate surface area is 178 Å². The zero-order valence-corrected chi connectivity index (χ0v) is 18.5. The smallest absolute Gasteiger partial charge is 0.341 e. The van der Waals surface area contributed by atoms with Crippen molar-refractivity contribution in [3.8, 4) is 0 Å². The number of aryl methyl sites for hydroxylation is 1. The molecule has 1 aliphatic carbocycles. The van der Waals surface area contributed by atoms with Crippen molar-refractivity contribution in [2.24, 2.45) is 0 Å². The van der Waals surface area contributed by atoms with E-state index >= 15 is 0 Å². The third kappa shape index (κ3) is 4.58. The number of hydrogen-bond acceptors (Lipinski definition) is 7. The standard InChI is InChI=1S/C19H24N2O4S3/c1-3-25-18(24)15-12-7-4-5-8-13(12)28-16(15)20-14(22)9-6-10-21-17(23)11(2)27-19(21)26/h11H,3-10H2,1-2H3,(H,20,22). The van der Waals surface area contributed by atoms with Crippen LogP contribution in [0.2, 0.25) is 0 Å². The molecule has 152 valence electrons. The van der Waals surface area contributed by atoms with E-state index in [4.69, 9.17) is 17.0 Å². The fourth-order valence-corrected chi connectivity index (χ4v) is 6.18. The number of fused-ring (bicyclic) bond motifs is 1. The van der Waals surface area contributed by atoms with E-state index in [-0.39, 0.29) is 29.5 Å². The zero-order chi connectivity index (χ0) is 20.3. The summed E-state index contributed by atoms with van der Waals surface area (Å²) in [4.78, 5) is 39.7. The molecule has 1 N–H and O–H groups in total. The molecule has 1 aromatic rings. The molecule has 2 heterocycles. The number of thioether (sulfide) groups is 1. The highest BCUT2D eigenvalue weighted by Crippen LogP contribution is 2.38. The molecule has 0 radical (unpaired) electrons. The van der Waals surface area contributed by atoms with Crippen LogP contribution < -0.4 is 5.32 Å². The Hall–Kier alpha value is -1.45. The number of rotatable bonds is 7. The second-order valence-electron chi connectivity index (χ2n) is 6.80. The van der Waals surface area contributed by atoms with Crippen LogP contribution in [0.1, 0.15) is 60.3 Å². The van der Waals surface area contributed by atoms with E-state index in [2.05, 4.69) is 5.32 Å². The lowest BCUT2D eigenvalue weighted by molar-refractivity contribution is -0.126. The molecular formula is C19H24N2O4S3. The number of esters is 1. The number of thiophene rings is 1. The zero-order valence-electron chi connectivity index (χ0n) is 16.0. The van der Waals surface area contributed by atoms with Crippen LogP contribution in [-0.4, -0.2) is 45.4 Å². The van der Waals surface area contributed by atoms with Crippen molar-refractivity contribution in [1.82, 2.24) is 4.90 Å². The minimum absolute atomic E-state index is 0.00550.